The molecule has 0 bridgehead atoms. The summed E-state index contributed by atoms with van der Waals surface area (Å²) in [6.07, 6.45) is 2.70. The summed E-state index contributed by atoms with van der Waals surface area (Å²) in [7, 11) is 1.71. The maximum atomic E-state index is 12.1. The van der Waals surface area contributed by atoms with Crippen LogP contribution in [-0.4, -0.2) is 53.8 Å². The first-order valence-electron chi connectivity index (χ1n) is 6.77. The lowest BCUT2D eigenvalue weighted by Crippen LogP contribution is -2.57. The Morgan fingerprint density at radius 1 is 1.42 bits per heavy atom. The number of carboxylic acid groups (broad SMARTS) is 1. The lowest BCUT2D eigenvalue weighted by Gasteiger charge is -2.34. The van der Waals surface area contributed by atoms with Crippen LogP contribution in [0.2, 0.25) is 0 Å². The van der Waals surface area contributed by atoms with E-state index >= 15 is 0 Å². The van der Waals surface area contributed by atoms with Crippen molar-refractivity contribution in [3.63, 3.8) is 0 Å². The summed E-state index contributed by atoms with van der Waals surface area (Å²) in [5.41, 5.74) is -1.20. The molecule has 6 nitrogen and oxygen atoms in total. The molecule has 1 heterocycles. The molecule has 2 N–H and O–H groups in total. The Labute approximate surface area is 114 Å². The fourth-order valence-electron chi connectivity index (χ4n) is 2.29. The molecule has 1 rings (SSSR count). The first kappa shape index (κ1) is 15.8. The Hall–Kier alpha value is -1.30. The van der Waals surface area contributed by atoms with Crippen LogP contribution in [0.5, 0.6) is 0 Å². The van der Waals surface area contributed by atoms with Gasteiger partial charge in [-0.25, -0.2) is 9.59 Å². The minimum Gasteiger partial charge on any atom is -0.480 e. The molecule has 1 fully saturated rings. The van der Waals surface area contributed by atoms with Crippen molar-refractivity contribution in [3.05, 3.63) is 0 Å². The van der Waals surface area contributed by atoms with Crippen molar-refractivity contribution in [1.82, 2.24) is 10.2 Å². The summed E-state index contributed by atoms with van der Waals surface area (Å²) < 4.78 is 5.25. The normalized spacial score (nSPS) is 19.5. The van der Waals surface area contributed by atoms with Crippen LogP contribution in [0, 0.1) is 0 Å². The van der Waals surface area contributed by atoms with Crippen LogP contribution < -0.4 is 5.32 Å². The van der Waals surface area contributed by atoms with Crippen LogP contribution in [0.25, 0.3) is 0 Å². The molecule has 1 aliphatic heterocycles. The monoisotopic (exact) mass is 272 g/mol. The quantitative estimate of drug-likeness (QED) is 0.794. The first-order valence-corrected chi connectivity index (χ1v) is 6.77. The third kappa shape index (κ3) is 4.09. The van der Waals surface area contributed by atoms with Gasteiger partial charge in [-0.05, 0) is 26.2 Å². The lowest BCUT2D eigenvalue weighted by molar-refractivity contribution is -0.144. The molecule has 1 aliphatic rings. The molecule has 110 valence electrons. The average molecular weight is 272 g/mol. The van der Waals surface area contributed by atoms with Crippen molar-refractivity contribution in [2.75, 3.05) is 20.3 Å². The highest BCUT2D eigenvalue weighted by Gasteiger charge is 2.35. The van der Waals surface area contributed by atoms with Gasteiger partial charge in [0.25, 0.3) is 0 Å². The van der Waals surface area contributed by atoms with Crippen molar-refractivity contribution in [2.24, 2.45) is 0 Å². The molecule has 0 aromatic rings. The molecule has 2 amide bonds. The van der Waals surface area contributed by atoms with Crippen LogP contribution in [0.1, 0.15) is 39.5 Å². The molecule has 19 heavy (non-hydrogen) atoms. The van der Waals surface area contributed by atoms with E-state index in [0.29, 0.717) is 26.1 Å². The summed E-state index contributed by atoms with van der Waals surface area (Å²) in [4.78, 5) is 25.0. The van der Waals surface area contributed by atoms with E-state index in [4.69, 9.17) is 4.74 Å². The summed E-state index contributed by atoms with van der Waals surface area (Å²) in [5.74, 6) is -0.997. The van der Waals surface area contributed by atoms with Gasteiger partial charge in [0.05, 0.1) is 0 Å². The summed E-state index contributed by atoms with van der Waals surface area (Å²) in [6.45, 7) is 4.74. The zero-order valence-electron chi connectivity index (χ0n) is 11.9. The van der Waals surface area contributed by atoms with Crippen LogP contribution >= 0.6 is 0 Å². The van der Waals surface area contributed by atoms with Crippen molar-refractivity contribution in [1.29, 1.82) is 0 Å². The van der Waals surface area contributed by atoms with Crippen LogP contribution in [0.15, 0.2) is 0 Å². The van der Waals surface area contributed by atoms with Crippen LogP contribution in [0.3, 0.4) is 0 Å². The topological polar surface area (TPSA) is 78.9 Å². The number of carbonyl (C=O) groups is 2. The Morgan fingerprint density at radius 3 is 2.47 bits per heavy atom. The Morgan fingerprint density at radius 2 is 2.00 bits per heavy atom. The molecule has 0 spiro atoms. The van der Waals surface area contributed by atoms with Gasteiger partial charge in [-0.15, -0.1) is 0 Å². The highest BCUT2D eigenvalue weighted by molar-refractivity contribution is 5.85. The number of nitrogens with one attached hydrogen (secondary N) is 1. The van der Waals surface area contributed by atoms with E-state index in [1.165, 1.54) is 0 Å². The fraction of sp³-hybridized carbons (Fsp3) is 0.846. The number of amides is 2. The van der Waals surface area contributed by atoms with Gasteiger partial charge in [-0.2, -0.15) is 0 Å². The molecule has 1 atom stereocenters. The zero-order chi connectivity index (χ0) is 14.5. The van der Waals surface area contributed by atoms with Crippen LogP contribution in [-0.2, 0) is 9.53 Å². The molecule has 1 unspecified atom stereocenters. The van der Waals surface area contributed by atoms with E-state index in [1.54, 1.807) is 18.9 Å². The first-order chi connectivity index (χ1) is 8.90. The van der Waals surface area contributed by atoms with Crippen molar-refractivity contribution in [2.45, 2.75) is 51.1 Å². The standard InChI is InChI=1S/C13H24N2O4/c1-4-7-13(2,11(16)17)14-12(18)15(3)10-5-8-19-9-6-10/h10H,4-9H2,1-3H3,(H,14,18)(H,16,17). The number of ether oxygens (including phenoxy) is 1. The van der Waals surface area contributed by atoms with Gasteiger partial charge in [0, 0.05) is 26.3 Å². The SMILES string of the molecule is CCCC(C)(NC(=O)N(C)C1CCOCC1)C(=O)O. The molecular formula is C13H24N2O4. The predicted molar refractivity (Wildman–Crippen MR) is 71.1 cm³/mol. The number of hydrogen-bond acceptors (Lipinski definition) is 3. The van der Waals surface area contributed by atoms with Gasteiger partial charge in [0.2, 0.25) is 0 Å². The second-order valence-electron chi connectivity index (χ2n) is 5.27. The van der Waals surface area contributed by atoms with Gasteiger partial charge in [-0.3, -0.25) is 0 Å². The second-order valence-corrected chi connectivity index (χ2v) is 5.27. The molecule has 6 heteroatoms. The predicted octanol–water partition coefficient (Wildman–Crippen LogP) is 1.45. The maximum absolute atomic E-state index is 12.1. The molecule has 0 radical (unpaired) electrons. The largest absolute Gasteiger partial charge is 0.480 e. The number of carboxylic acids is 1. The number of aliphatic carboxylic acids is 1. The molecule has 0 saturated carbocycles. The van der Waals surface area contributed by atoms with Gasteiger partial charge in [0.15, 0.2) is 0 Å². The number of rotatable bonds is 5. The number of nitrogens with zero attached hydrogens (tertiary/aromatic N) is 1. The Balaban J connectivity index is 2.63. The van der Waals surface area contributed by atoms with E-state index in [9.17, 15) is 14.7 Å². The molecular weight excluding hydrogens is 248 g/mol. The minimum absolute atomic E-state index is 0.119. The van der Waals surface area contributed by atoms with Crippen molar-refractivity contribution < 1.29 is 19.4 Å². The van der Waals surface area contributed by atoms with E-state index in [2.05, 4.69) is 5.32 Å². The van der Waals surface area contributed by atoms with Crippen molar-refractivity contribution >= 4 is 12.0 Å². The van der Waals surface area contributed by atoms with E-state index in [-0.39, 0.29) is 12.1 Å². The zero-order valence-corrected chi connectivity index (χ0v) is 11.9. The number of hydrogen-bond donors (Lipinski definition) is 2. The Kier molecular flexibility index (Phi) is 5.60. The number of urea groups is 1. The van der Waals surface area contributed by atoms with Gasteiger partial charge in [-0.1, -0.05) is 13.3 Å². The minimum atomic E-state index is -1.20. The highest BCUT2D eigenvalue weighted by atomic mass is 16.5. The summed E-state index contributed by atoms with van der Waals surface area (Å²) in [5, 5.41) is 11.9. The lowest BCUT2D eigenvalue weighted by atomic mass is 9.96. The van der Waals surface area contributed by atoms with E-state index < -0.39 is 11.5 Å². The Bertz CT molecular complexity index is 329. The maximum Gasteiger partial charge on any atom is 0.329 e. The van der Waals surface area contributed by atoms with Crippen molar-refractivity contribution in [3.8, 4) is 0 Å². The van der Waals surface area contributed by atoms with Gasteiger partial charge < -0.3 is 20.1 Å². The van der Waals surface area contributed by atoms with Gasteiger partial charge >= 0.3 is 12.0 Å². The highest BCUT2D eigenvalue weighted by Crippen LogP contribution is 2.16. The summed E-state index contributed by atoms with van der Waals surface area (Å²) in [6, 6.07) is -0.210. The van der Waals surface area contributed by atoms with Gasteiger partial charge in [0.1, 0.15) is 5.54 Å². The molecule has 0 aromatic carbocycles. The smallest absolute Gasteiger partial charge is 0.329 e. The van der Waals surface area contributed by atoms with Crippen LogP contribution in [0.4, 0.5) is 4.79 Å². The van der Waals surface area contributed by atoms with E-state index in [1.807, 2.05) is 6.92 Å². The molecule has 1 saturated heterocycles. The third-order valence-corrected chi connectivity index (χ3v) is 3.66. The molecule has 0 aromatic heterocycles. The molecule has 0 aliphatic carbocycles. The second kappa shape index (κ2) is 6.75. The van der Waals surface area contributed by atoms with E-state index in [0.717, 1.165) is 12.8 Å². The average Bonchev–Trinajstić information content (AvgIpc) is 2.38. The fourth-order valence-corrected chi connectivity index (χ4v) is 2.29. The third-order valence-electron chi connectivity index (χ3n) is 3.66. The number of carbonyl (C=O) groups excluding carboxylic acids is 1. The summed E-state index contributed by atoms with van der Waals surface area (Å²) >= 11 is 0.